The highest BCUT2D eigenvalue weighted by Crippen LogP contribution is 2.11. The van der Waals surface area contributed by atoms with Crippen LogP contribution in [0.2, 0.25) is 0 Å². The highest BCUT2D eigenvalue weighted by molar-refractivity contribution is 4.56. The Labute approximate surface area is 50.2 Å². The van der Waals surface area contributed by atoms with E-state index in [2.05, 4.69) is 0 Å². The van der Waals surface area contributed by atoms with Crippen LogP contribution in [0.5, 0.6) is 0 Å². The lowest BCUT2D eigenvalue weighted by Crippen LogP contribution is -2.21. The van der Waals surface area contributed by atoms with E-state index in [1.807, 2.05) is 20.8 Å². The summed E-state index contributed by atoms with van der Waals surface area (Å²) < 4.78 is 0. The zero-order chi connectivity index (χ0) is 6.73. The Morgan fingerprint density at radius 2 is 1.38 bits per heavy atom. The highest BCUT2D eigenvalue weighted by atomic mass is 16.5. The molecule has 2 heteroatoms. The molecule has 8 heavy (non-hydrogen) atoms. The molecule has 0 radical (unpaired) electrons. The van der Waals surface area contributed by atoms with Crippen molar-refractivity contribution in [1.29, 1.82) is 0 Å². The molecular formula is C6H14O2. The number of hydrogen-bond donors (Lipinski definition) is 2. The molecule has 0 amide bonds. The van der Waals surface area contributed by atoms with Crippen molar-refractivity contribution in [3.05, 3.63) is 0 Å². The largest absolute Gasteiger partial charge is 0.368 e. The minimum absolute atomic E-state index is 0.0185. The number of hydrogen-bond acceptors (Lipinski definition) is 2. The maximum absolute atomic E-state index is 8.55. The van der Waals surface area contributed by atoms with Gasteiger partial charge in [-0.2, -0.15) is 0 Å². The van der Waals surface area contributed by atoms with E-state index in [0.29, 0.717) is 5.92 Å². The molecule has 0 unspecified atom stereocenters. The molecule has 0 rings (SSSR count). The second-order valence-corrected chi connectivity index (χ2v) is 2.52. The van der Waals surface area contributed by atoms with Crippen molar-refractivity contribution in [2.24, 2.45) is 11.8 Å². The van der Waals surface area contributed by atoms with E-state index in [0.717, 1.165) is 0 Å². The molecule has 0 spiro atoms. The van der Waals surface area contributed by atoms with Gasteiger partial charge in [0.15, 0.2) is 6.29 Å². The van der Waals surface area contributed by atoms with E-state index in [9.17, 15) is 0 Å². The first-order chi connectivity index (χ1) is 3.55. The molecule has 0 aromatic heterocycles. The van der Waals surface area contributed by atoms with E-state index >= 15 is 0 Å². The summed E-state index contributed by atoms with van der Waals surface area (Å²) >= 11 is 0. The van der Waals surface area contributed by atoms with Crippen molar-refractivity contribution in [2.75, 3.05) is 0 Å². The second-order valence-electron chi connectivity index (χ2n) is 2.52. The Balaban J connectivity index is 3.46. The molecule has 0 aliphatic rings. The van der Waals surface area contributed by atoms with Crippen LogP contribution in [0.15, 0.2) is 0 Å². The average Bonchev–Trinajstić information content (AvgIpc) is 1.64. The topological polar surface area (TPSA) is 40.5 Å². The van der Waals surface area contributed by atoms with Gasteiger partial charge in [-0.1, -0.05) is 20.8 Å². The van der Waals surface area contributed by atoms with Crippen molar-refractivity contribution in [1.82, 2.24) is 0 Å². The van der Waals surface area contributed by atoms with Gasteiger partial charge in [0.2, 0.25) is 0 Å². The van der Waals surface area contributed by atoms with Gasteiger partial charge in [-0.3, -0.25) is 0 Å². The minimum Gasteiger partial charge on any atom is -0.368 e. The minimum atomic E-state index is -1.16. The maximum Gasteiger partial charge on any atom is 0.154 e. The fourth-order valence-electron chi connectivity index (χ4n) is 0.344. The predicted octanol–water partition coefficient (Wildman–Crippen LogP) is 0.589. The highest BCUT2D eigenvalue weighted by Gasteiger charge is 2.13. The lowest BCUT2D eigenvalue weighted by atomic mass is 9.98. The number of aliphatic hydroxyl groups is 2. The lowest BCUT2D eigenvalue weighted by molar-refractivity contribution is -0.0903. The summed E-state index contributed by atoms with van der Waals surface area (Å²) in [5, 5.41) is 17.1. The van der Waals surface area contributed by atoms with Crippen LogP contribution in [0.3, 0.4) is 0 Å². The molecule has 0 aliphatic carbocycles. The maximum atomic E-state index is 8.55. The lowest BCUT2D eigenvalue weighted by Gasteiger charge is -2.16. The van der Waals surface area contributed by atoms with Gasteiger partial charge in [0.05, 0.1) is 0 Å². The Morgan fingerprint density at radius 1 is 1.00 bits per heavy atom. The standard InChI is InChI=1S/C6H14O2/c1-4(2)5(3)6(7)8/h4-8H,1-3H3/t5-/m0/s1. The summed E-state index contributed by atoms with van der Waals surface area (Å²) in [5.74, 6) is 0.324. The third kappa shape index (κ3) is 2.28. The van der Waals surface area contributed by atoms with Crippen LogP contribution in [0.4, 0.5) is 0 Å². The van der Waals surface area contributed by atoms with Crippen molar-refractivity contribution in [2.45, 2.75) is 27.1 Å². The van der Waals surface area contributed by atoms with E-state index in [1.54, 1.807) is 0 Å². The van der Waals surface area contributed by atoms with Crippen LogP contribution in [0, 0.1) is 11.8 Å². The molecule has 0 aliphatic heterocycles. The molecule has 2 N–H and O–H groups in total. The predicted molar refractivity (Wildman–Crippen MR) is 32.2 cm³/mol. The van der Waals surface area contributed by atoms with Gasteiger partial charge < -0.3 is 10.2 Å². The fraction of sp³-hybridized carbons (Fsp3) is 1.00. The van der Waals surface area contributed by atoms with Crippen molar-refractivity contribution in [3.8, 4) is 0 Å². The number of aliphatic hydroxyl groups excluding tert-OH is 1. The molecule has 0 heterocycles. The van der Waals surface area contributed by atoms with Crippen LogP contribution in [0.25, 0.3) is 0 Å². The van der Waals surface area contributed by atoms with E-state index in [-0.39, 0.29) is 5.92 Å². The van der Waals surface area contributed by atoms with Gasteiger partial charge in [0.1, 0.15) is 0 Å². The summed E-state index contributed by atoms with van der Waals surface area (Å²) in [7, 11) is 0. The molecule has 1 atom stereocenters. The van der Waals surface area contributed by atoms with Gasteiger partial charge in [0.25, 0.3) is 0 Å². The zero-order valence-corrected chi connectivity index (χ0v) is 5.63. The molecule has 0 fully saturated rings. The summed E-state index contributed by atoms with van der Waals surface area (Å²) in [6, 6.07) is 0. The molecular weight excluding hydrogens is 104 g/mol. The molecule has 0 saturated heterocycles. The monoisotopic (exact) mass is 118 g/mol. The molecule has 2 nitrogen and oxygen atoms in total. The third-order valence-corrected chi connectivity index (χ3v) is 1.52. The normalized spacial score (nSPS) is 15.4. The van der Waals surface area contributed by atoms with Crippen molar-refractivity contribution in [3.63, 3.8) is 0 Å². The Kier molecular flexibility index (Phi) is 3.02. The van der Waals surface area contributed by atoms with Crippen LogP contribution < -0.4 is 0 Å². The van der Waals surface area contributed by atoms with Gasteiger partial charge in [-0.15, -0.1) is 0 Å². The van der Waals surface area contributed by atoms with E-state index in [4.69, 9.17) is 10.2 Å². The zero-order valence-electron chi connectivity index (χ0n) is 5.63. The summed E-state index contributed by atoms with van der Waals surface area (Å²) in [5.41, 5.74) is 0. The molecule has 0 aromatic carbocycles. The Morgan fingerprint density at radius 3 is 1.38 bits per heavy atom. The average molecular weight is 118 g/mol. The van der Waals surface area contributed by atoms with Crippen LogP contribution in [0.1, 0.15) is 20.8 Å². The van der Waals surface area contributed by atoms with Gasteiger partial charge in [-0.05, 0) is 5.92 Å². The Bertz CT molecular complexity index is 51.5. The third-order valence-electron chi connectivity index (χ3n) is 1.52. The number of rotatable bonds is 2. The quantitative estimate of drug-likeness (QED) is 0.521. The van der Waals surface area contributed by atoms with Gasteiger partial charge in [-0.25, -0.2) is 0 Å². The molecule has 0 aromatic rings. The molecule has 0 bridgehead atoms. The Hall–Kier alpha value is -0.0800. The van der Waals surface area contributed by atoms with Gasteiger partial charge in [0, 0.05) is 5.92 Å². The summed E-state index contributed by atoms with van der Waals surface area (Å²) in [6.45, 7) is 5.74. The fourth-order valence-corrected chi connectivity index (χ4v) is 0.344. The smallest absolute Gasteiger partial charge is 0.154 e. The van der Waals surface area contributed by atoms with Crippen LogP contribution >= 0.6 is 0 Å². The summed E-state index contributed by atoms with van der Waals surface area (Å²) in [4.78, 5) is 0. The van der Waals surface area contributed by atoms with Crippen LogP contribution in [-0.2, 0) is 0 Å². The first-order valence-corrected chi connectivity index (χ1v) is 2.92. The van der Waals surface area contributed by atoms with Crippen molar-refractivity contribution < 1.29 is 10.2 Å². The molecule has 0 saturated carbocycles. The second kappa shape index (κ2) is 3.05. The van der Waals surface area contributed by atoms with E-state index in [1.165, 1.54) is 0 Å². The SMILES string of the molecule is CC(C)[C@H](C)C(O)O. The van der Waals surface area contributed by atoms with Gasteiger partial charge >= 0.3 is 0 Å². The van der Waals surface area contributed by atoms with E-state index < -0.39 is 6.29 Å². The molecule has 50 valence electrons. The first kappa shape index (κ1) is 7.92. The van der Waals surface area contributed by atoms with Crippen molar-refractivity contribution >= 4 is 0 Å². The van der Waals surface area contributed by atoms with Crippen LogP contribution in [-0.4, -0.2) is 16.5 Å². The summed E-state index contributed by atoms with van der Waals surface area (Å²) in [6.07, 6.45) is -1.16. The first-order valence-electron chi connectivity index (χ1n) is 2.92.